The van der Waals surface area contributed by atoms with E-state index in [0.29, 0.717) is 26.2 Å². The molecule has 0 radical (unpaired) electrons. The second-order valence-corrected chi connectivity index (χ2v) is 5.49. The highest BCUT2D eigenvalue weighted by atomic mass is 19.1. The van der Waals surface area contributed by atoms with E-state index >= 15 is 0 Å². The first-order valence-corrected chi connectivity index (χ1v) is 6.41. The molecule has 0 amide bonds. The molecule has 0 aromatic rings. The number of ether oxygens (including phenoxy) is 2. The lowest BCUT2D eigenvalue weighted by Gasteiger charge is -2.30. The molecular formula is C13H22FNO3. The van der Waals surface area contributed by atoms with Crippen LogP contribution in [0, 0.1) is 0 Å². The lowest BCUT2D eigenvalue weighted by Crippen LogP contribution is -2.42. The van der Waals surface area contributed by atoms with Crippen molar-refractivity contribution < 1.29 is 19.0 Å². The summed E-state index contributed by atoms with van der Waals surface area (Å²) in [6, 6.07) is 0. The Morgan fingerprint density at radius 2 is 2.44 bits per heavy atom. The van der Waals surface area contributed by atoms with E-state index in [0.717, 1.165) is 24.9 Å². The Kier molecular flexibility index (Phi) is 4.37. The molecule has 0 spiro atoms. The molecule has 0 bridgehead atoms. The standard InChI is InChI=1S/C13H22FNO3/c1-10(16)8-18-12-4-13(9-17-2)3-11(5-14)6-15(13)7-12/h5,10,12,16H,3-4,6-9H2,1-2H3/b11-5-/t10-,12+,13-/m1/s1. The second-order valence-electron chi connectivity index (χ2n) is 5.49. The SMILES string of the molecule is COC[C@]12C/C(=C/F)CN1C[C@@H](OC[C@@H](C)O)C2. The lowest BCUT2D eigenvalue weighted by molar-refractivity contribution is 0.000201. The summed E-state index contributed by atoms with van der Waals surface area (Å²) in [5.74, 6) is 0. The average molecular weight is 259 g/mol. The molecule has 2 aliphatic heterocycles. The van der Waals surface area contributed by atoms with Crippen molar-refractivity contribution in [3.05, 3.63) is 11.9 Å². The molecule has 3 atom stereocenters. The van der Waals surface area contributed by atoms with Crippen LogP contribution in [-0.4, -0.2) is 61.2 Å². The van der Waals surface area contributed by atoms with Crippen LogP contribution in [0.5, 0.6) is 0 Å². The second kappa shape index (κ2) is 5.65. The van der Waals surface area contributed by atoms with Crippen molar-refractivity contribution >= 4 is 0 Å². The molecule has 0 unspecified atom stereocenters. The van der Waals surface area contributed by atoms with Crippen LogP contribution in [0.1, 0.15) is 19.8 Å². The first-order valence-electron chi connectivity index (χ1n) is 6.41. The van der Waals surface area contributed by atoms with Crippen molar-refractivity contribution in [2.75, 3.05) is 33.4 Å². The Labute approximate surface area is 107 Å². The average Bonchev–Trinajstić information content (AvgIpc) is 2.79. The Morgan fingerprint density at radius 3 is 3.06 bits per heavy atom. The third-order valence-corrected chi connectivity index (χ3v) is 3.79. The van der Waals surface area contributed by atoms with E-state index in [9.17, 15) is 9.50 Å². The van der Waals surface area contributed by atoms with E-state index < -0.39 is 6.10 Å². The van der Waals surface area contributed by atoms with E-state index in [-0.39, 0.29) is 11.6 Å². The number of aliphatic hydroxyl groups is 1. The van der Waals surface area contributed by atoms with E-state index in [1.165, 1.54) is 0 Å². The number of nitrogens with zero attached hydrogens (tertiary/aromatic N) is 1. The molecule has 0 saturated carbocycles. The highest BCUT2D eigenvalue weighted by Crippen LogP contribution is 2.42. The Morgan fingerprint density at radius 1 is 1.67 bits per heavy atom. The predicted octanol–water partition coefficient (Wildman–Crippen LogP) is 1.10. The number of halogens is 1. The number of methoxy groups -OCH3 is 1. The van der Waals surface area contributed by atoms with Gasteiger partial charge in [-0.3, -0.25) is 4.90 Å². The molecule has 0 aromatic carbocycles. The van der Waals surface area contributed by atoms with Crippen LogP contribution in [0.4, 0.5) is 4.39 Å². The van der Waals surface area contributed by atoms with Crippen molar-refractivity contribution in [2.45, 2.75) is 37.5 Å². The molecule has 2 saturated heterocycles. The van der Waals surface area contributed by atoms with Crippen molar-refractivity contribution in [2.24, 2.45) is 0 Å². The summed E-state index contributed by atoms with van der Waals surface area (Å²) < 4.78 is 23.7. The third-order valence-electron chi connectivity index (χ3n) is 3.79. The molecule has 5 heteroatoms. The van der Waals surface area contributed by atoms with Gasteiger partial charge in [0.1, 0.15) is 0 Å². The van der Waals surface area contributed by atoms with Gasteiger partial charge in [-0.15, -0.1) is 0 Å². The zero-order chi connectivity index (χ0) is 13.2. The van der Waals surface area contributed by atoms with E-state index in [1.807, 2.05) is 0 Å². The zero-order valence-electron chi connectivity index (χ0n) is 11.1. The van der Waals surface area contributed by atoms with E-state index in [4.69, 9.17) is 9.47 Å². The van der Waals surface area contributed by atoms with Crippen molar-refractivity contribution in [1.29, 1.82) is 0 Å². The highest BCUT2D eigenvalue weighted by Gasteiger charge is 2.50. The Bertz CT molecular complexity index is 321. The fourth-order valence-electron chi connectivity index (χ4n) is 3.13. The molecule has 2 heterocycles. The van der Waals surface area contributed by atoms with Crippen LogP contribution in [0.3, 0.4) is 0 Å². The van der Waals surface area contributed by atoms with Gasteiger partial charge in [0, 0.05) is 20.2 Å². The molecule has 2 rings (SSSR count). The minimum atomic E-state index is -0.444. The molecule has 0 aromatic heterocycles. The van der Waals surface area contributed by atoms with Gasteiger partial charge in [-0.1, -0.05) is 0 Å². The van der Waals surface area contributed by atoms with E-state index in [1.54, 1.807) is 14.0 Å². The van der Waals surface area contributed by atoms with Crippen molar-refractivity contribution in [1.82, 2.24) is 4.90 Å². The topological polar surface area (TPSA) is 41.9 Å². The van der Waals surface area contributed by atoms with Crippen LogP contribution in [0.25, 0.3) is 0 Å². The largest absolute Gasteiger partial charge is 0.391 e. The maximum atomic E-state index is 12.7. The van der Waals surface area contributed by atoms with Gasteiger partial charge in [0.2, 0.25) is 0 Å². The smallest absolute Gasteiger partial charge is 0.0872 e. The lowest BCUT2D eigenvalue weighted by atomic mass is 9.93. The summed E-state index contributed by atoms with van der Waals surface area (Å²) >= 11 is 0. The van der Waals surface area contributed by atoms with Crippen LogP contribution >= 0.6 is 0 Å². The fraction of sp³-hybridized carbons (Fsp3) is 0.846. The van der Waals surface area contributed by atoms with Gasteiger partial charge in [-0.05, 0) is 25.3 Å². The van der Waals surface area contributed by atoms with Gasteiger partial charge in [-0.25, -0.2) is 4.39 Å². The van der Waals surface area contributed by atoms with Crippen LogP contribution in [-0.2, 0) is 9.47 Å². The molecule has 4 nitrogen and oxygen atoms in total. The summed E-state index contributed by atoms with van der Waals surface area (Å²) in [5, 5.41) is 9.24. The molecular weight excluding hydrogens is 237 g/mol. The van der Waals surface area contributed by atoms with Gasteiger partial charge >= 0.3 is 0 Å². The number of hydrogen-bond donors (Lipinski definition) is 1. The summed E-state index contributed by atoms with van der Waals surface area (Å²) in [7, 11) is 1.67. The van der Waals surface area contributed by atoms with Gasteiger partial charge in [-0.2, -0.15) is 0 Å². The highest BCUT2D eigenvalue weighted by molar-refractivity contribution is 5.20. The van der Waals surface area contributed by atoms with Gasteiger partial charge in [0.25, 0.3) is 0 Å². The minimum absolute atomic E-state index is 0.107. The first-order chi connectivity index (χ1) is 8.59. The first kappa shape index (κ1) is 13.9. The monoisotopic (exact) mass is 259 g/mol. The normalized spacial score (nSPS) is 36.2. The summed E-state index contributed by atoms with van der Waals surface area (Å²) in [5.41, 5.74) is 0.719. The van der Waals surface area contributed by atoms with Crippen LogP contribution in [0.15, 0.2) is 11.9 Å². The number of aliphatic hydroxyl groups excluding tert-OH is 1. The van der Waals surface area contributed by atoms with E-state index in [2.05, 4.69) is 4.90 Å². The summed E-state index contributed by atoms with van der Waals surface area (Å²) in [6.45, 7) is 4.11. The molecule has 2 fully saturated rings. The summed E-state index contributed by atoms with van der Waals surface area (Å²) in [6.07, 6.45) is 1.94. The molecule has 2 aliphatic rings. The molecule has 1 N–H and O–H groups in total. The van der Waals surface area contributed by atoms with Gasteiger partial charge in [0.15, 0.2) is 0 Å². The summed E-state index contributed by atoms with van der Waals surface area (Å²) in [4.78, 5) is 2.24. The zero-order valence-corrected chi connectivity index (χ0v) is 11.1. The maximum absolute atomic E-state index is 12.7. The number of hydrogen-bond acceptors (Lipinski definition) is 4. The predicted molar refractivity (Wildman–Crippen MR) is 66.0 cm³/mol. The van der Waals surface area contributed by atoms with Crippen LogP contribution in [0.2, 0.25) is 0 Å². The van der Waals surface area contributed by atoms with Crippen molar-refractivity contribution in [3.8, 4) is 0 Å². The molecule has 0 aliphatic carbocycles. The molecule has 18 heavy (non-hydrogen) atoms. The van der Waals surface area contributed by atoms with Crippen LogP contribution < -0.4 is 0 Å². The number of rotatable bonds is 5. The Hall–Kier alpha value is -0.490. The van der Waals surface area contributed by atoms with Crippen molar-refractivity contribution in [3.63, 3.8) is 0 Å². The minimum Gasteiger partial charge on any atom is -0.391 e. The quantitative estimate of drug-likeness (QED) is 0.803. The van der Waals surface area contributed by atoms with Gasteiger partial charge < -0.3 is 14.6 Å². The Balaban J connectivity index is 1.98. The maximum Gasteiger partial charge on any atom is 0.0872 e. The fourth-order valence-corrected chi connectivity index (χ4v) is 3.13. The third kappa shape index (κ3) is 2.74. The number of fused-ring (bicyclic) bond motifs is 1. The molecule has 104 valence electrons. The van der Waals surface area contributed by atoms with Gasteiger partial charge in [0.05, 0.1) is 37.3 Å².